The largest absolute Gasteiger partial charge is 0.454 e. The van der Waals surface area contributed by atoms with E-state index in [4.69, 9.17) is 9.47 Å². The van der Waals surface area contributed by atoms with Gasteiger partial charge in [-0.25, -0.2) is 8.42 Å². The van der Waals surface area contributed by atoms with Gasteiger partial charge in [0.25, 0.3) is 0 Å². The number of sulfone groups is 1. The topological polar surface area (TPSA) is 89.0 Å². The molecule has 0 amide bonds. The molecule has 7 nitrogen and oxygen atoms in total. The van der Waals surface area contributed by atoms with Crippen LogP contribution in [0.3, 0.4) is 0 Å². The smallest absolute Gasteiger partial charge is 0.231 e. The van der Waals surface area contributed by atoms with Crippen LogP contribution in [0.5, 0.6) is 11.5 Å². The lowest BCUT2D eigenvalue weighted by atomic mass is 10.1. The first-order valence-electron chi connectivity index (χ1n) is 8.06. The second kappa shape index (κ2) is 8.77. The Labute approximate surface area is 143 Å². The summed E-state index contributed by atoms with van der Waals surface area (Å²) in [5.74, 6) is 2.43. The first-order chi connectivity index (χ1) is 11.5. The number of rotatable bonds is 8. The zero-order chi connectivity index (χ0) is 17.4. The predicted molar refractivity (Wildman–Crippen MR) is 94.6 cm³/mol. The van der Waals surface area contributed by atoms with E-state index in [1.807, 2.05) is 25.1 Å². The molecule has 2 N–H and O–H groups in total. The number of aliphatic imine (C=N–C) groups is 1. The van der Waals surface area contributed by atoms with Crippen LogP contribution < -0.4 is 20.1 Å². The molecule has 0 bridgehead atoms. The Hall–Kier alpha value is -1.96. The number of hydrogen-bond donors (Lipinski definition) is 2. The Balaban J connectivity index is 1.78. The second-order valence-electron chi connectivity index (χ2n) is 5.61. The van der Waals surface area contributed by atoms with Crippen LogP contribution in [0.2, 0.25) is 0 Å². The summed E-state index contributed by atoms with van der Waals surface area (Å²) in [6.45, 7) is 4.22. The monoisotopic (exact) mass is 355 g/mol. The van der Waals surface area contributed by atoms with Gasteiger partial charge in [0, 0.05) is 25.9 Å². The molecule has 0 unspecified atom stereocenters. The van der Waals surface area contributed by atoms with Gasteiger partial charge in [-0.2, -0.15) is 0 Å². The van der Waals surface area contributed by atoms with Crippen LogP contribution in [0.25, 0.3) is 0 Å². The first kappa shape index (κ1) is 18.4. The van der Waals surface area contributed by atoms with Crippen molar-refractivity contribution in [2.75, 3.05) is 38.4 Å². The summed E-state index contributed by atoms with van der Waals surface area (Å²) in [4.78, 5) is 4.39. The van der Waals surface area contributed by atoms with Crippen molar-refractivity contribution in [1.29, 1.82) is 0 Å². The van der Waals surface area contributed by atoms with Crippen molar-refractivity contribution in [3.63, 3.8) is 0 Å². The van der Waals surface area contributed by atoms with Crippen molar-refractivity contribution in [2.45, 2.75) is 19.8 Å². The first-order valence-corrected chi connectivity index (χ1v) is 10.1. The molecule has 1 aromatic carbocycles. The number of nitrogens with zero attached hydrogens (tertiary/aromatic N) is 1. The molecule has 1 aromatic rings. The van der Waals surface area contributed by atoms with Crippen molar-refractivity contribution in [2.24, 2.45) is 4.99 Å². The molecule has 0 radical (unpaired) electrons. The predicted octanol–water partition coefficient (Wildman–Crippen LogP) is 0.948. The quantitative estimate of drug-likeness (QED) is 0.410. The van der Waals surface area contributed by atoms with Crippen molar-refractivity contribution < 1.29 is 17.9 Å². The number of ether oxygens (including phenoxy) is 2. The van der Waals surface area contributed by atoms with Gasteiger partial charge in [0.2, 0.25) is 6.79 Å². The van der Waals surface area contributed by atoms with Crippen molar-refractivity contribution in [3.05, 3.63) is 23.8 Å². The Bertz CT molecular complexity index is 674. The fourth-order valence-corrected chi connectivity index (χ4v) is 2.93. The minimum atomic E-state index is -2.92. The third-order valence-electron chi connectivity index (χ3n) is 3.43. The summed E-state index contributed by atoms with van der Waals surface area (Å²) in [7, 11) is -2.92. The van der Waals surface area contributed by atoms with Crippen LogP contribution in [-0.4, -0.2) is 52.8 Å². The van der Waals surface area contributed by atoms with E-state index in [1.165, 1.54) is 6.26 Å². The molecular weight excluding hydrogens is 330 g/mol. The zero-order valence-corrected chi connectivity index (χ0v) is 15.0. The molecule has 24 heavy (non-hydrogen) atoms. The fraction of sp³-hybridized carbons (Fsp3) is 0.562. The summed E-state index contributed by atoms with van der Waals surface area (Å²) in [5.41, 5.74) is 1.15. The van der Waals surface area contributed by atoms with E-state index in [2.05, 4.69) is 15.6 Å². The summed E-state index contributed by atoms with van der Waals surface area (Å²) < 4.78 is 32.9. The minimum Gasteiger partial charge on any atom is -0.454 e. The second-order valence-corrected chi connectivity index (χ2v) is 7.87. The third kappa shape index (κ3) is 6.27. The van der Waals surface area contributed by atoms with Crippen LogP contribution in [0.4, 0.5) is 0 Å². The Morgan fingerprint density at radius 3 is 2.79 bits per heavy atom. The van der Waals surface area contributed by atoms with Crippen LogP contribution in [0.1, 0.15) is 18.9 Å². The summed E-state index contributed by atoms with van der Waals surface area (Å²) in [5, 5.41) is 6.40. The lowest BCUT2D eigenvalue weighted by Gasteiger charge is -2.11. The fourth-order valence-electron chi connectivity index (χ4n) is 2.28. The maximum absolute atomic E-state index is 11.1. The molecule has 0 aromatic heterocycles. The molecule has 0 aliphatic carbocycles. The van der Waals surface area contributed by atoms with Crippen LogP contribution in [0, 0.1) is 0 Å². The molecule has 8 heteroatoms. The molecule has 0 saturated carbocycles. The number of hydrogen-bond acceptors (Lipinski definition) is 5. The Kier molecular flexibility index (Phi) is 6.72. The van der Waals surface area contributed by atoms with Crippen LogP contribution in [0.15, 0.2) is 23.2 Å². The summed E-state index contributed by atoms with van der Waals surface area (Å²) >= 11 is 0. The van der Waals surface area contributed by atoms with Crippen LogP contribution >= 0.6 is 0 Å². The highest BCUT2D eigenvalue weighted by molar-refractivity contribution is 7.90. The van der Waals surface area contributed by atoms with Crippen molar-refractivity contribution in [1.82, 2.24) is 10.6 Å². The van der Waals surface area contributed by atoms with E-state index in [0.29, 0.717) is 18.9 Å². The van der Waals surface area contributed by atoms with Gasteiger partial charge < -0.3 is 20.1 Å². The highest BCUT2D eigenvalue weighted by atomic mass is 32.2. The molecule has 1 aliphatic rings. The molecule has 0 saturated heterocycles. The van der Waals surface area contributed by atoms with E-state index in [1.54, 1.807) is 0 Å². The van der Waals surface area contributed by atoms with E-state index < -0.39 is 9.84 Å². The highest BCUT2D eigenvalue weighted by Gasteiger charge is 2.12. The third-order valence-corrected chi connectivity index (χ3v) is 4.46. The molecule has 1 aliphatic heterocycles. The average molecular weight is 355 g/mol. The van der Waals surface area contributed by atoms with E-state index in [-0.39, 0.29) is 12.5 Å². The van der Waals surface area contributed by atoms with Gasteiger partial charge in [-0.05, 0) is 37.5 Å². The number of benzene rings is 1. The lowest BCUT2D eigenvalue weighted by Crippen LogP contribution is -2.38. The van der Waals surface area contributed by atoms with Gasteiger partial charge in [0.15, 0.2) is 17.5 Å². The lowest BCUT2D eigenvalue weighted by molar-refractivity contribution is 0.174. The van der Waals surface area contributed by atoms with Gasteiger partial charge in [-0.15, -0.1) is 0 Å². The van der Waals surface area contributed by atoms with Crippen LogP contribution in [-0.2, 0) is 16.3 Å². The zero-order valence-electron chi connectivity index (χ0n) is 14.2. The maximum Gasteiger partial charge on any atom is 0.231 e. The molecule has 2 rings (SSSR count). The Morgan fingerprint density at radius 2 is 2.04 bits per heavy atom. The van der Waals surface area contributed by atoms with E-state index in [9.17, 15) is 8.42 Å². The van der Waals surface area contributed by atoms with Crippen molar-refractivity contribution >= 4 is 15.8 Å². The number of guanidine groups is 1. The molecule has 0 atom stereocenters. The number of nitrogens with one attached hydrogen (secondary N) is 2. The average Bonchev–Trinajstić information content (AvgIpc) is 2.98. The van der Waals surface area contributed by atoms with E-state index in [0.717, 1.165) is 36.6 Å². The molecular formula is C16H25N3O4S. The molecule has 0 fully saturated rings. The minimum absolute atomic E-state index is 0.160. The normalized spacial score (nSPS) is 13.8. The molecule has 134 valence electrons. The maximum atomic E-state index is 11.1. The summed E-state index contributed by atoms with van der Waals surface area (Å²) in [6, 6.07) is 5.92. The number of fused-ring (bicyclic) bond motifs is 1. The van der Waals surface area contributed by atoms with Gasteiger partial charge in [-0.1, -0.05) is 6.07 Å². The van der Waals surface area contributed by atoms with Crippen molar-refractivity contribution in [3.8, 4) is 11.5 Å². The standard InChI is InChI=1S/C16H25N3O4S/c1-3-17-16(18-8-4-10-24(2,20)21)19-9-7-13-5-6-14-15(11-13)23-12-22-14/h5-6,11H,3-4,7-10,12H2,1-2H3,(H2,17,18,19). The van der Waals surface area contributed by atoms with E-state index >= 15 is 0 Å². The van der Waals surface area contributed by atoms with Gasteiger partial charge in [0.05, 0.1) is 5.75 Å². The molecule has 0 spiro atoms. The van der Waals surface area contributed by atoms with Gasteiger partial charge >= 0.3 is 0 Å². The Morgan fingerprint density at radius 1 is 1.25 bits per heavy atom. The van der Waals surface area contributed by atoms with Gasteiger partial charge in [-0.3, -0.25) is 4.99 Å². The SMILES string of the molecule is CCNC(=NCCCS(C)(=O)=O)NCCc1ccc2c(c1)OCO2. The summed E-state index contributed by atoms with van der Waals surface area (Å²) in [6.07, 6.45) is 2.59. The highest BCUT2D eigenvalue weighted by Crippen LogP contribution is 2.32. The van der Waals surface area contributed by atoms with Gasteiger partial charge in [0.1, 0.15) is 9.84 Å². The molecule has 1 heterocycles.